The Hall–Kier alpha value is -4.13. The van der Waals surface area contributed by atoms with Crippen molar-refractivity contribution in [2.45, 2.75) is 38.6 Å². The molecule has 1 N–H and O–H groups in total. The lowest BCUT2D eigenvalue weighted by atomic mass is 9.96. The second-order valence-corrected chi connectivity index (χ2v) is 9.39. The summed E-state index contributed by atoms with van der Waals surface area (Å²) in [5.74, 6) is -0.945. The number of Topliss-reactive ketones (excluding diaryl/α,β-unsaturated/α-hetero) is 1. The van der Waals surface area contributed by atoms with Crippen molar-refractivity contribution in [3.05, 3.63) is 89.8 Å². The van der Waals surface area contributed by atoms with E-state index < -0.39 is 17.7 Å². The molecular weight excluding hydrogens is 466 g/mol. The van der Waals surface area contributed by atoms with Crippen LogP contribution in [0, 0.1) is 0 Å². The lowest BCUT2D eigenvalue weighted by Crippen LogP contribution is -2.30. The molecule has 1 aromatic heterocycles. The number of aliphatic hydroxyl groups excluding tert-OH is 1. The number of ether oxygens (including phenoxy) is 1. The van der Waals surface area contributed by atoms with Gasteiger partial charge in [-0.15, -0.1) is 0 Å². The molecule has 1 unspecified atom stereocenters. The van der Waals surface area contributed by atoms with Crippen LogP contribution in [-0.2, 0) is 9.59 Å². The number of hydrogen-bond donors (Lipinski definition) is 1. The fourth-order valence-electron chi connectivity index (χ4n) is 5.01. The van der Waals surface area contributed by atoms with E-state index in [0.29, 0.717) is 29.2 Å². The highest BCUT2D eigenvalue weighted by molar-refractivity contribution is 6.51. The van der Waals surface area contributed by atoms with Gasteiger partial charge in [0.25, 0.3) is 11.7 Å². The Morgan fingerprint density at radius 3 is 2.32 bits per heavy atom. The maximum atomic E-state index is 13.4. The van der Waals surface area contributed by atoms with Gasteiger partial charge in [0.1, 0.15) is 11.5 Å². The Labute approximate surface area is 217 Å². The highest BCUT2D eigenvalue weighted by Gasteiger charge is 2.47. The summed E-state index contributed by atoms with van der Waals surface area (Å²) >= 11 is 0. The summed E-state index contributed by atoms with van der Waals surface area (Å²) < 4.78 is 5.63. The highest BCUT2D eigenvalue weighted by Crippen LogP contribution is 2.42. The zero-order chi connectivity index (χ0) is 25.8. The van der Waals surface area contributed by atoms with E-state index in [4.69, 9.17) is 4.74 Å². The minimum Gasteiger partial charge on any atom is -0.507 e. The van der Waals surface area contributed by atoms with Crippen LogP contribution in [0.15, 0.2) is 78.6 Å². The summed E-state index contributed by atoms with van der Waals surface area (Å²) in [6.07, 6.45) is 7.74. The molecule has 7 nitrogen and oxygen atoms in total. The Morgan fingerprint density at radius 2 is 1.68 bits per heavy atom. The average molecular weight is 498 g/mol. The predicted molar refractivity (Wildman–Crippen MR) is 144 cm³/mol. The molecule has 2 saturated heterocycles. The van der Waals surface area contributed by atoms with Crippen LogP contribution in [0.1, 0.15) is 49.8 Å². The quantitative estimate of drug-likeness (QED) is 0.264. The van der Waals surface area contributed by atoms with Gasteiger partial charge in [0.2, 0.25) is 0 Å². The third-order valence-electron chi connectivity index (χ3n) is 6.89. The van der Waals surface area contributed by atoms with Gasteiger partial charge in [-0.1, -0.05) is 13.0 Å². The van der Waals surface area contributed by atoms with Crippen molar-refractivity contribution in [3.63, 3.8) is 0 Å². The second-order valence-electron chi connectivity index (χ2n) is 9.39. The molecule has 37 heavy (non-hydrogen) atoms. The summed E-state index contributed by atoms with van der Waals surface area (Å²) in [7, 11) is 0. The van der Waals surface area contributed by atoms with E-state index in [9.17, 15) is 14.7 Å². The zero-order valence-electron chi connectivity index (χ0n) is 21.0. The molecule has 0 aliphatic carbocycles. The number of benzene rings is 2. The van der Waals surface area contributed by atoms with E-state index in [2.05, 4.69) is 9.88 Å². The number of rotatable bonds is 7. The molecule has 1 atom stereocenters. The average Bonchev–Trinajstić information content (AvgIpc) is 3.22. The first-order valence-electron chi connectivity index (χ1n) is 12.9. The first kappa shape index (κ1) is 24.6. The number of amides is 1. The van der Waals surface area contributed by atoms with Crippen molar-refractivity contribution < 1.29 is 19.4 Å². The standard InChI is InChI=1S/C30H31N3O4/c1-2-19-37-25-14-8-21(9-15-25)28(34)26-27(22-7-6-16-31-20-22)33(30(36)29(26)35)24-12-10-23(11-13-24)32-17-4-3-5-18-32/h6-16,20,27,34H,2-5,17-19H2,1H3/b28-26+. The van der Waals surface area contributed by atoms with Crippen molar-refractivity contribution >= 4 is 28.8 Å². The highest BCUT2D eigenvalue weighted by atomic mass is 16.5. The van der Waals surface area contributed by atoms with E-state index in [1.54, 1.807) is 42.7 Å². The van der Waals surface area contributed by atoms with E-state index >= 15 is 0 Å². The summed E-state index contributed by atoms with van der Waals surface area (Å²) in [4.78, 5) is 34.7. The Balaban J connectivity index is 1.53. The fraction of sp³-hybridized carbons (Fsp3) is 0.300. The molecule has 1 amide bonds. The lowest BCUT2D eigenvalue weighted by molar-refractivity contribution is -0.132. The summed E-state index contributed by atoms with van der Waals surface area (Å²) in [6.45, 7) is 4.65. The Morgan fingerprint density at radius 1 is 0.973 bits per heavy atom. The van der Waals surface area contributed by atoms with Gasteiger partial charge in [0.05, 0.1) is 18.2 Å². The van der Waals surface area contributed by atoms with Crippen LogP contribution in [-0.4, -0.2) is 41.5 Å². The molecule has 2 aliphatic heterocycles. The number of carbonyl (C=O) groups is 2. The second kappa shape index (κ2) is 10.9. The van der Waals surface area contributed by atoms with Crippen LogP contribution >= 0.6 is 0 Å². The molecular formula is C30H31N3O4. The summed E-state index contributed by atoms with van der Waals surface area (Å²) in [5, 5.41) is 11.3. The minimum absolute atomic E-state index is 0.0420. The van der Waals surface area contributed by atoms with Gasteiger partial charge in [-0.25, -0.2) is 0 Å². The van der Waals surface area contributed by atoms with E-state index in [1.165, 1.54) is 24.2 Å². The van der Waals surface area contributed by atoms with Gasteiger partial charge in [-0.3, -0.25) is 19.5 Å². The molecule has 0 bridgehead atoms. The molecule has 2 aromatic carbocycles. The van der Waals surface area contributed by atoms with Crippen molar-refractivity contribution in [1.82, 2.24) is 4.98 Å². The van der Waals surface area contributed by atoms with Crippen LogP contribution < -0.4 is 14.5 Å². The third-order valence-corrected chi connectivity index (χ3v) is 6.89. The third kappa shape index (κ3) is 4.94. The van der Waals surface area contributed by atoms with Gasteiger partial charge < -0.3 is 14.7 Å². The van der Waals surface area contributed by atoms with Gasteiger partial charge in [0.15, 0.2) is 0 Å². The number of ketones is 1. The SMILES string of the molecule is CCCOc1ccc(/C(O)=C2\C(=O)C(=O)N(c3ccc(N4CCCCC4)cc3)C2c2cccnc2)cc1. The fourth-order valence-corrected chi connectivity index (χ4v) is 5.01. The molecule has 2 aliphatic rings. The van der Waals surface area contributed by atoms with Crippen LogP contribution in [0.4, 0.5) is 11.4 Å². The number of nitrogens with zero attached hydrogens (tertiary/aromatic N) is 3. The molecule has 0 spiro atoms. The van der Waals surface area contributed by atoms with E-state index in [1.807, 2.05) is 37.3 Å². The minimum atomic E-state index is -0.800. The monoisotopic (exact) mass is 497 g/mol. The van der Waals surface area contributed by atoms with Crippen LogP contribution in [0.25, 0.3) is 5.76 Å². The van der Waals surface area contributed by atoms with Crippen LogP contribution in [0.3, 0.4) is 0 Å². The van der Waals surface area contributed by atoms with Crippen LogP contribution in [0.5, 0.6) is 5.75 Å². The summed E-state index contributed by atoms with van der Waals surface area (Å²) in [5.41, 5.74) is 2.82. The molecule has 2 fully saturated rings. The molecule has 0 radical (unpaired) electrons. The number of anilines is 2. The number of pyridine rings is 1. The number of aromatic nitrogens is 1. The molecule has 7 heteroatoms. The van der Waals surface area contributed by atoms with Crippen molar-refractivity contribution in [2.75, 3.05) is 29.5 Å². The number of carbonyl (C=O) groups excluding carboxylic acids is 2. The predicted octanol–water partition coefficient (Wildman–Crippen LogP) is 5.49. The normalized spacial score (nSPS) is 19.3. The lowest BCUT2D eigenvalue weighted by Gasteiger charge is -2.30. The number of piperidine rings is 1. The van der Waals surface area contributed by atoms with Gasteiger partial charge in [-0.05, 0) is 85.8 Å². The van der Waals surface area contributed by atoms with Gasteiger partial charge in [0, 0.05) is 42.4 Å². The zero-order valence-corrected chi connectivity index (χ0v) is 21.0. The molecule has 3 aromatic rings. The Kier molecular flexibility index (Phi) is 7.21. The van der Waals surface area contributed by atoms with E-state index in [-0.39, 0.29) is 11.3 Å². The van der Waals surface area contributed by atoms with Crippen LogP contribution in [0.2, 0.25) is 0 Å². The van der Waals surface area contributed by atoms with Crippen molar-refractivity contribution in [3.8, 4) is 5.75 Å². The maximum absolute atomic E-state index is 13.4. The first-order valence-corrected chi connectivity index (χ1v) is 12.9. The van der Waals surface area contributed by atoms with Crippen molar-refractivity contribution in [1.29, 1.82) is 0 Å². The maximum Gasteiger partial charge on any atom is 0.300 e. The summed E-state index contributed by atoms with van der Waals surface area (Å²) in [6, 6.07) is 17.4. The number of aliphatic hydroxyl groups is 1. The largest absolute Gasteiger partial charge is 0.507 e. The van der Waals surface area contributed by atoms with Gasteiger partial charge in [-0.2, -0.15) is 0 Å². The molecule has 3 heterocycles. The van der Waals surface area contributed by atoms with E-state index in [0.717, 1.165) is 25.2 Å². The smallest absolute Gasteiger partial charge is 0.300 e. The number of hydrogen-bond acceptors (Lipinski definition) is 6. The molecule has 5 rings (SSSR count). The first-order chi connectivity index (χ1) is 18.1. The topological polar surface area (TPSA) is 83.0 Å². The molecule has 0 saturated carbocycles. The van der Waals surface area contributed by atoms with Gasteiger partial charge >= 0.3 is 0 Å². The van der Waals surface area contributed by atoms with Crippen molar-refractivity contribution in [2.24, 2.45) is 0 Å². The molecule has 190 valence electrons. The Bertz CT molecular complexity index is 1280.